The molecule has 0 unspecified atom stereocenters. The number of nitrogens with zero attached hydrogens (tertiary/aromatic N) is 5. The summed E-state index contributed by atoms with van der Waals surface area (Å²) in [6.07, 6.45) is 4.57. The quantitative estimate of drug-likeness (QED) is 0.539. The molecule has 1 spiro atoms. The van der Waals surface area contributed by atoms with Crippen LogP contribution >= 0.6 is 0 Å². The second-order valence-corrected chi connectivity index (χ2v) is 11.3. The molecule has 37 heavy (non-hydrogen) atoms. The van der Waals surface area contributed by atoms with Gasteiger partial charge in [0, 0.05) is 25.2 Å². The van der Waals surface area contributed by atoms with Crippen LogP contribution in [0.15, 0.2) is 30.6 Å². The molecule has 2 aliphatic heterocycles. The maximum absolute atomic E-state index is 12.3. The number of carbonyl (C=O) groups excluding carboxylic acids is 1. The maximum atomic E-state index is 12.3. The number of aromatic nitrogens is 3. The number of fused-ring (bicyclic) bond motifs is 1. The summed E-state index contributed by atoms with van der Waals surface area (Å²) >= 11 is 0. The minimum Gasteiger partial charge on any atom is -0.495 e. The average Bonchev–Trinajstić information content (AvgIpc) is 3.40. The molecule has 10 nitrogen and oxygen atoms in total. The Morgan fingerprint density at radius 2 is 1.86 bits per heavy atom. The first kappa shape index (κ1) is 25.1. The van der Waals surface area contributed by atoms with Crippen molar-refractivity contribution >= 4 is 28.9 Å². The van der Waals surface area contributed by atoms with E-state index in [-0.39, 0.29) is 0 Å². The lowest BCUT2D eigenvalue weighted by atomic mass is 9.78. The van der Waals surface area contributed by atoms with Crippen LogP contribution in [0, 0.1) is 5.41 Å². The number of benzene rings is 1. The topological polar surface area (TPSA) is 110 Å². The molecule has 2 fully saturated rings. The Hall–Kier alpha value is -3.53. The van der Waals surface area contributed by atoms with Gasteiger partial charge in [-0.05, 0) is 82.8 Å². The van der Waals surface area contributed by atoms with Gasteiger partial charge >= 0.3 is 6.09 Å². The van der Waals surface area contributed by atoms with Gasteiger partial charge in [-0.25, -0.2) is 14.3 Å². The molecule has 198 valence electrons. The SMILES string of the molecule is COc1cc(-c2cc(N3CCC4(CCN(C)C4)CC3)n3ncnc(N)c23)ccc1NC(=O)OC(C)(C)C. The number of methoxy groups -OCH3 is 1. The second-order valence-electron chi connectivity index (χ2n) is 11.3. The van der Waals surface area contributed by atoms with Crippen LogP contribution in [0.3, 0.4) is 0 Å². The molecular weight excluding hydrogens is 470 g/mol. The van der Waals surface area contributed by atoms with Gasteiger partial charge in [-0.15, -0.1) is 0 Å². The van der Waals surface area contributed by atoms with Gasteiger partial charge in [0.2, 0.25) is 0 Å². The van der Waals surface area contributed by atoms with Crippen LogP contribution in [0.2, 0.25) is 0 Å². The largest absolute Gasteiger partial charge is 0.495 e. The summed E-state index contributed by atoms with van der Waals surface area (Å²) < 4.78 is 12.9. The highest BCUT2D eigenvalue weighted by molar-refractivity contribution is 5.93. The van der Waals surface area contributed by atoms with Crippen LogP contribution in [-0.2, 0) is 4.74 Å². The van der Waals surface area contributed by atoms with Crippen LogP contribution in [0.1, 0.15) is 40.0 Å². The second kappa shape index (κ2) is 9.41. The van der Waals surface area contributed by atoms with E-state index < -0.39 is 11.7 Å². The van der Waals surface area contributed by atoms with Gasteiger partial charge in [-0.1, -0.05) is 6.07 Å². The third-order valence-corrected chi connectivity index (χ3v) is 7.49. The number of rotatable bonds is 4. The lowest BCUT2D eigenvalue weighted by Gasteiger charge is -2.39. The summed E-state index contributed by atoms with van der Waals surface area (Å²) in [6, 6.07) is 7.76. The highest BCUT2D eigenvalue weighted by atomic mass is 16.6. The molecule has 3 aromatic rings. The fourth-order valence-corrected chi connectivity index (χ4v) is 5.65. The van der Waals surface area contributed by atoms with Gasteiger partial charge in [0.15, 0.2) is 5.82 Å². The number of anilines is 3. The molecule has 0 aliphatic carbocycles. The van der Waals surface area contributed by atoms with Crippen LogP contribution in [0.25, 0.3) is 16.6 Å². The molecule has 3 N–H and O–H groups in total. The minimum absolute atomic E-state index is 0.414. The van der Waals surface area contributed by atoms with Crippen LogP contribution in [0.5, 0.6) is 5.75 Å². The predicted octanol–water partition coefficient (Wildman–Crippen LogP) is 4.26. The third kappa shape index (κ3) is 5.02. The number of ether oxygens (including phenoxy) is 2. The number of hydrogen-bond donors (Lipinski definition) is 2. The van der Waals surface area contributed by atoms with E-state index in [0.29, 0.717) is 22.7 Å². The zero-order valence-corrected chi connectivity index (χ0v) is 22.4. The lowest BCUT2D eigenvalue weighted by Crippen LogP contribution is -2.41. The average molecular weight is 508 g/mol. The number of nitrogens with one attached hydrogen (secondary N) is 1. The van der Waals surface area contributed by atoms with E-state index in [1.54, 1.807) is 7.11 Å². The van der Waals surface area contributed by atoms with Gasteiger partial charge in [0.05, 0.1) is 12.8 Å². The molecule has 5 rings (SSSR count). The van der Waals surface area contributed by atoms with E-state index >= 15 is 0 Å². The molecule has 2 saturated heterocycles. The van der Waals surface area contributed by atoms with Gasteiger partial charge in [0.1, 0.15) is 29.0 Å². The van der Waals surface area contributed by atoms with Crippen molar-refractivity contribution in [3.8, 4) is 16.9 Å². The maximum Gasteiger partial charge on any atom is 0.412 e. The Labute approximate surface area is 217 Å². The Balaban J connectivity index is 1.46. The number of nitrogen functional groups attached to an aromatic ring is 1. The Bertz CT molecular complexity index is 1310. The number of piperidine rings is 1. The lowest BCUT2D eigenvalue weighted by molar-refractivity contribution is 0.0635. The summed E-state index contributed by atoms with van der Waals surface area (Å²) in [5.41, 5.74) is 9.29. The number of carbonyl (C=O) groups is 1. The predicted molar refractivity (Wildman–Crippen MR) is 145 cm³/mol. The van der Waals surface area contributed by atoms with Crippen LogP contribution in [0.4, 0.5) is 22.1 Å². The smallest absolute Gasteiger partial charge is 0.412 e. The first-order valence-electron chi connectivity index (χ1n) is 12.8. The summed E-state index contributed by atoms with van der Waals surface area (Å²) in [5, 5.41) is 7.35. The number of likely N-dealkylation sites (tertiary alicyclic amines) is 1. The number of hydrogen-bond acceptors (Lipinski definition) is 8. The van der Waals surface area contributed by atoms with Gasteiger partial charge in [-0.3, -0.25) is 5.32 Å². The molecule has 0 radical (unpaired) electrons. The summed E-state index contributed by atoms with van der Waals surface area (Å²) in [5.74, 6) is 1.94. The Morgan fingerprint density at radius 1 is 1.14 bits per heavy atom. The number of amides is 1. The molecule has 2 aromatic heterocycles. The van der Waals surface area contributed by atoms with E-state index in [1.165, 1.54) is 38.7 Å². The number of nitrogens with two attached hydrogens (primary N) is 1. The zero-order chi connectivity index (χ0) is 26.4. The Kier molecular flexibility index (Phi) is 6.39. The van der Waals surface area contributed by atoms with Gasteiger partial charge < -0.3 is 25.0 Å². The van der Waals surface area contributed by atoms with Gasteiger partial charge in [0.25, 0.3) is 0 Å². The van der Waals surface area contributed by atoms with Crippen molar-refractivity contribution < 1.29 is 14.3 Å². The molecule has 1 aromatic carbocycles. The summed E-state index contributed by atoms with van der Waals surface area (Å²) in [6.45, 7) is 9.79. The standard InChI is InChI=1S/C27H37N7O3/c1-26(2,3)37-25(35)31-20-7-6-18(14-21(20)36-5)19-15-22(34-23(19)24(28)29-17-30-34)33-12-9-27(10-13-33)8-11-32(4)16-27/h6-7,14-15,17H,8-13,16H2,1-5H3,(H,31,35)(H2,28,29,30). The fourth-order valence-electron chi connectivity index (χ4n) is 5.65. The first-order valence-corrected chi connectivity index (χ1v) is 12.8. The summed E-state index contributed by atoms with van der Waals surface area (Å²) in [4.78, 5) is 21.4. The summed E-state index contributed by atoms with van der Waals surface area (Å²) in [7, 11) is 3.79. The molecule has 0 atom stereocenters. The van der Waals surface area contributed by atoms with Crippen molar-refractivity contribution in [1.82, 2.24) is 19.5 Å². The molecule has 0 bridgehead atoms. The van der Waals surface area contributed by atoms with E-state index in [0.717, 1.165) is 35.6 Å². The van der Waals surface area contributed by atoms with Crippen molar-refractivity contribution in [2.75, 3.05) is 56.3 Å². The van der Waals surface area contributed by atoms with Crippen molar-refractivity contribution in [3.05, 3.63) is 30.6 Å². The van der Waals surface area contributed by atoms with E-state index in [1.807, 2.05) is 43.5 Å². The van der Waals surface area contributed by atoms with Crippen molar-refractivity contribution in [2.45, 2.75) is 45.6 Å². The van der Waals surface area contributed by atoms with E-state index in [4.69, 9.17) is 15.2 Å². The fraction of sp³-hybridized carbons (Fsp3) is 0.519. The van der Waals surface area contributed by atoms with Crippen molar-refractivity contribution in [1.29, 1.82) is 0 Å². The molecule has 10 heteroatoms. The first-order chi connectivity index (χ1) is 17.6. The molecule has 2 aliphatic rings. The highest BCUT2D eigenvalue weighted by Gasteiger charge is 2.40. The minimum atomic E-state index is -0.599. The van der Waals surface area contributed by atoms with E-state index in [2.05, 4.69) is 38.3 Å². The van der Waals surface area contributed by atoms with Crippen LogP contribution in [-0.4, -0.2) is 71.5 Å². The zero-order valence-electron chi connectivity index (χ0n) is 22.4. The normalized spacial score (nSPS) is 17.9. The van der Waals surface area contributed by atoms with Crippen LogP contribution < -0.4 is 20.7 Å². The highest BCUT2D eigenvalue weighted by Crippen LogP contribution is 2.43. The van der Waals surface area contributed by atoms with Gasteiger partial charge in [-0.2, -0.15) is 5.10 Å². The van der Waals surface area contributed by atoms with Crippen molar-refractivity contribution in [2.24, 2.45) is 5.41 Å². The van der Waals surface area contributed by atoms with E-state index in [9.17, 15) is 4.79 Å². The van der Waals surface area contributed by atoms with Crippen molar-refractivity contribution in [3.63, 3.8) is 0 Å². The molecule has 0 saturated carbocycles. The third-order valence-electron chi connectivity index (χ3n) is 7.49. The Morgan fingerprint density at radius 3 is 2.51 bits per heavy atom. The molecular formula is C27H37N7O3. The monoisotopic (exact) mass is 507 g/mol. The molecule has 4 heterocycles. The molecule has 1 amide bonds.